The lowest BCUT2D eigenvalue weighted by Gasteiger charge is -2.23. The minimum atomic E-state index is -1.72. The van der Waals surface area contributed by atoms with Crippen molar-refractivity contribution in [2.45, 2.75) is 5.54 Å². The molecule has 86 valence electrons. The highest BCUT2D eigenvalue weighted by Crippen LogP contribution is 2.23. The summed E-state index contributed by atoms with van der Waals surface area (Å²) in [6.45, 7) is 0. The first kappa shape index (κ1) is 11.2. The van der Waals surface area contributed by atoms with E-state index in [1.165, 1.54) is 12.4 Å². The number of nitrogens with zero attached hydrogens (tertiary/aromatic N) is 2. The van der Waals surface area contributed by atoms with Gasteiger partial charge in [-0.2, -0.15) is 0 Å². The Kier molecular flexibility index (Phi) is 2.84. The number of aliphatic carboxylic acids is 1. The summed E-state index contributed by atoms with van der Waals surface area (Å²) >= 11 is 0. The summed E-state index contributed by atoms with van der Waals surface area (Å²) in [6.07, 6.45) is 3.01. The van der Waals surface area contributed by atoms with E-state index in [1.807, 2.05) is 0 Å². The van der Waals surface area contributed by atoms with Gasteiger partial charge in [0.1, 0.15) is 0 Å². The average Bonchev–Trinajstić information content (AvgIpc) is 2.39. The molecular formula is C12H11N3O2. The zero-order valence-corrected chi connectivity index (χ0v) is 8.95. The quantitative estimate of drug-likeness (QED) is 0.811. The second-order valence-corrected chi connectivity index (χ2v) is 3.54. The van der Waals surface area contributed by atoms with Crippen LogP contribution < -0.4 is 5.73 Å². The molecule has 3 N–H and O–H groups in total. The Hall–Kier alpha value is -2.27. The van der Waals surface area contributed by atoms with Crippen LogP contribution in [0, 0.1) is 0 Å². The summed E-state index contributed by atoms with van der Waals surface area (Å²) in [5.41, 5.74) is 4.75. The SMILES string of the molecule is NC(C(=O)O)(c1ccccn1)c1ccccn1. The van der Waals surface area contributed by atoms with Crippen LogP contribution in [0.5, 0.6) is 0 Å². The maximum absolute atomic E-state index is 11.4. The van der Waals surface area contributed by atoms with Crippen LogP contribution in [0.2, 0.25) is 0 Å². The molecule has 2 rings (SSSR count). The van der Waals surface area contributed by atoms with Crippen molar-refractivity contribution in [3.63, 3.8) is 0 Å². The van der Waals surface area contributed by atoms with Gasteiger partial charge in [0.15, 0.2) is 5.54 Å². The van der Waals surface area contributed by atoms with Crippen LogP contribution in [0.15, 0.2) is 48.8 Å². The van der Waals surface area contributed by atoms with E-state index in [4.69, 9.17) is 5.73 Å². The topological polar surface area (TPSA) is 89.1 Å². The Morgan fingerprint density at radius 1 is 1.06 bits per heavy atom. The van der Waals surface area contributed by atoms with Gasteiger partial charge in [0, 0.05) is 12.4 Å². The molecule has 17 heavy (non-hydrogen) atoms. The van der Waals surface area contributed by atoms with Gasteiger partial charge in [-0.15, -0.1) is 0 Å². The normalized spacial score (nSPS) is 11.1. The van der Waals surface area contributed by atoms with E-state index in [0.717, 1.165) is 0 Å². The summed E-state index contributed by atoms with van der Waals surface area (Å²) in [6, 6.07) is 9.92. The van der Waals surface area contributed by atoms with E-state index in [-0.39, 0.29) is 11.4 Å². The zero-order valence-electron chi connectivity index (χ0n) is 8.95. The fourth-order valence-corrected chi connectivity index (χ4v) is 1.54. The van der Waals surface area contributed by atoms with E-state index >= 15 is 0 Å². The van der Waals surface area contributed by atoms with Crippen LogP contribution in [-0.4, -0.2) is 21.0 Å². The van der Waals surface area contributed by atoms with Gasteiger partial charge >= 0.3 is 5.97 Å². The second-order valence-electron chi connectivity index (χ2n) is 3.54. The van der Waals surface area contributed by atoms with Crippen molar-refractivity contribution in [3.05, 3.63) is 60.2 Å². The molecule has 0 aliphatic carbocycles. The Bertz CT molecular complexity index is 474. The van der Waals surface area contributed by atoms with Gasteiger partial charge in [-0.3, -0.25) is 9.97 Å². The van der Waals surface area contributed by atoms with Crippen LogP contribution in [0.25, 0.3) is 0 Å². The highest BCUT2D eigenvalue weighted by atomic mass is 16.4. The lowest BCUT2D eigenvalue weighted by molar-refractivity contribution is -0.142. The van der Waals surface area contributed by atoms with E-state index in [1.54, 1.807) is 36.4 Å². The lowest BCUT2D eigenvalue weighted by Crippen LogP contribution is -2.47. The Balaban J connectivity index is 2.59. The van der Waals surface area contributed by atoms with Crippen molar-refractivity contribution in [2.24, 2.45) is 5.73 Å². The maximum Gasteiger partial charge on any atom is 0.336 e. The minimum absolute atomic E-state index is 0.256. The predicted octanol–water partition coefficient (Wildman–Crippen LogP) is 0.763. The zero-order chi connectivity index (χ0) is 12.3. The first-order chi connectivity index (χ1) is 8.15. The molecule has 0 aromatic carbocycles. The molecule has 0 radical (unpaired) electrons. The number of carboxylic acid groups (broad SMARTS) is 1. The van der Waals surface area contributed by atoms with Gasteiger partial charge in [0.2, 0.25) is 0 Å². The molecule has 0 atom stereocenters. The van der Waals surface area contributed by atoms with Crippen molar-refractivity contribution in [3.8, 4) is 0 Å². The molecule has 0 bridgehead atoms. The highest BCUT2D eigenvalue weighted by Gasteiger charge is 2.40. The molecule has 2 aromatic rings. The van der Waals surface area contributed by atoms with Gasteiger partial charge in [-0.1, -0.05) is 12.1 Å². The monoisotopic (exact) mass is 229 g/mol. The third-order valence-electron chi connectivity index (χ3n) is 2.48. The van der Waals surface area contributed by atoms with Gasteiger partial charge in [0.05, 0.1) is 11.4 Å². The van der Waals surface area contributed by atoms with Crippen LogP contribution in [-0.2, 0) is 10.3 Å². The molecular weight excluding hydrogens is 218 g/mol. The first-order valence-electron chi connectivity index (χ1n) is 5.01. The number of nitrogens with two attached hydrogens (primary N) is 1. The third kappa shape index (κ3) is 1.88. The number of carbonyl (C=O) groups is 1. The average molecular weight is 229 g/mol. The molecule has 5 heteroatoms. The molecule has 0 unspecified atom stereocenters. The van der Waals surface area contributed by atoms with Gasteiger partial charge in [0.25, 0.3) is 0 Å². The standard InChI is InChI=1S/C12H11N3O2/c13-12(11(16)17,9-5-1-3-7-14-9)10-6-2-4-8-15-10/h1-8H,13H2,(H,16,17). The van der Waals surface area contributed by atoms with E-state index in [9.17, 15) is 9.90 Å². The van der Waals surface area contributed by atoms with Gasteiger partial charge in [-0.05, 0) is 24.3 Å². The predicted molar refractivity (Wildman–Crippen MR) is 61.1 cm³/mol. The molecule has 0 saturated heterocycles. The molecule has 0 fully saturated rings. The first-order valence-corrected chi connectivity index (χ1v) is 5.01. The number of aromatic nitrogens is 2. The highest BCUT2D eigenvalue weighted by molar-refractivity contribution is 5.83. The maximum atomic E-state index is 11.4. The molecule has 5 nitrogen and oxygen atoms in total. The van der Waals surface area contributed by atoms with Crippen molar-refractivity contribution < 1.29 is 9.90 Å². The summed E-state index contributed by atoms with van der Waals surface area (Å²) in [4.78, 5) is 19.4. The Morgan fingerprint density at radius 3 is 1.82 bits per heavy atom. The smallest absolute Gasteiger partial charge is 0.336 e. The molecule has 0 amide bonds. The van der Waals surface area contributed by atoms with Gasteiger partial charge < -0.3 is 10.8 Å². The molecule has 0 saturated carbocycles. The number of hydrogen-bond acceptors (Lipinski definition) is 4. The van der Waals surface area contributed by atoms with Crippen LogP contribution in [0.3, 0.4) is 0 Å². The second kappa shape index (κ2) is 4.31. The molecule has 2 heterocycles. The summed E-state index contributed by atoms with van der Waals surface area (Å²) in [5.74, 6) is -1.19. The van der Waals surface area contributed by atoms with Crippen molar-refractivity contribution in [1.82, 2.24) is 9.97 Å². The van der Waals surface area contributed by atoms with E-state index < -0.39 is 11.5 Å². The van der Waals surface area contributed by atoms with Crippen molar-refractivity contribution in [2.75, 3.05) is 0 Å². The van der Waals surface area contributed by atoms with Crippen LogP contribution in [0.4, 0.5) is 0 Å². The molecule has 2 aromatic heterocycles. The lowest BCUT2D eigenvalue weighted by atomic mass is 9.91. The van der Waals surface area contributed by atoms with Crippen molar-refractivity contribution >= 4 is 5.97 Å². The third-order valence-corrected chi connectivity index (χ3v) is 2.48. The molecule has 0 aliphatic heterocycles. The van der Waals surface area contributed by atoms with E-state index in [0.29, 0.717) is 0 Å². The molecule has 0 spiro atoms. The Labute approximate surface area is 98.0 Å². The fraction of sp³-hybridized carbons (Fsp3) is 0.0833. The molecule has 0 aliphatic rings. The number of hydrogen-bond donors (Lipinski definition) is 2. The van der Waals surface area contributed by atoms with Crippen molar-refractivity contribution in [1.29, 1.82) is 0 Å². The summed E-state index contributed by atoms with van der Waals surface area (Å²) in [5, 5.41) is 9.33. The van der Waals surface area contributed by atoms with Crippen LogP contribution in [0.1, 0.15) is 11.4 Å². The number of carboxylic acids is 1. The Morgan fingerprint density at radius 2 is 1.53 bits per heavy atom. The van der Waals surface area contributed by atoms with E-state index in [2.05, 4.69) is 9.97 Å². The number of rotatable bonds is 3. The van der Waals surface area contributed by atoms with Crippen LogP contribution >= 0.6 is 0 Å². The summed E-state index contributed by atoms with van der Waals surface area (Å²) < 4.78 is 0. The largest absolute Gasteiger partial charge is 0.479 e. The number of pyridine rings is 2. The summed E-state index contributed by atoms with van der Waals surface area (Å²) in [7, 11) is 0. The fourth-order valence-electron chi connectivity index (χ4n) is 1.54. The minimum Gasteiger partial charge on any atom is -0.479 e. The van der Waals surface area contributed by atoms with Gasteiger partial charge in [-0.25, -0.2) is 4.79 Å².